The number of amides is 1. The number of carbonyl (C=O) groups excluding carboxylic acids is 1. The summed E-state index contributed by atoms with van der Waals surface area (Å²) < 4.78 is 25.8. The lowest BCUT2D eigenvalue weighted by Gasteiger charge is -2.28. The fourth-order valence-electron chi connectivity index (χ4n) is 2.73. The molecule has 30 heavy (non-hydrogen) atoms. The lowest BCUT2D eigenvalue weighted by Crippen LogP contribution is -2.45. The van der Waals surface area contributed by atoms with E-state index in [9.17, 15) is 13.2 Å². The number of carbonyl (C=O) groups is 1. The number of benzene rings is 2. The third-order valence-corrected chi connectivity index (χ3v) is 6.86. The van der Waals surface area contributed by atoms with E-state index in [-0.39, 0.29) is 15.8 Å². The highest BCUT2D eigenvalue weighted by Gasteiger charge is 2.31. The fourth-order valence-corrected chi connectivity index (χ4v) is 5.09. The zero-order valence-corrected chi connectivity index (χ0v) is 19.4. The Morgan fingerprint density at radius 2 is 1.80 bits per heavy atom. The molecule has 0 fully saturated rings. The molecule has 11 heteroatoms. The second-order valence-electron chi connectivity index (χ2n) is 6.60. The second kappa shape index (κ2) is 8.89. The molecule has 0 unspecified atom stereocenters. The number of anilines is 2. The van der Waals surface area contributed by atoms with Crippen LogP contribution in [-0.2, 0) is 14.8 Å². The molecule has 0 spiro atoms. The minimum atomic E-state index is -3.84. The van der Waals surface area contributed by atoms with Crippen molar-refractivity contribution in [2.24, 2.45) is 0 Å². The number of nitrogens with zero attached hydrogens (tertiary/aromatic N) is 3. The molecule has 1 N–H and O–H groups in total. The number of hydrogen-bond acceptors (Lipinski definition) is 6. The third-order valence-electron chi connectivity index (χ3n) is 4.19. The molecule has 2 aromatic carbocycles. The monoisotopic (exact) mass is 484 g/mol. The van der Waals surface area contributed by atoms with Crippen molar-refractivity contribution in [2.45, 2.75) is 19.9 Å². The molecule has 158 valence electrons. The van der Waals surface area contributed by atoms with E-state index in [0.717, 1.165) is 21.7 Å². The van der Waals surface area contributed by atoms with E-state index in [4.69, 9.17) is 23.2 Å². The van der Waals surface area contributed by atoms with E-state index in [1.807, 2.05) is 31.2 Å². The maximum atomic E-state index is 12.8. The third kappa shape index (κ3) is 5.10. The van der Waals surface area contributed by atoms with Crippen molar-refractivity contribution >= 4 is 61.3 Å². The molecule has 0 radical (unpaired) electrons. The van der Waals surface area contributed by atoms with Gasteiger partial charge >= 0.3 is 0 Å². The Morgan fingerprint density at radius 1 is 1.13 bits per heavy atom. The molecule has 0 saturated carbocycles. The summed E-state index contributed by atoms with van der Waals surface area (Å²) in [4.78, 5) is 12.8. The van der Waals surface area contributed by atoms with Gasteiger partial charge in [0.05, 0.1) is 17.0 Å². The zero-order valence-electron chi connectivity index (χ0n) is 16.3. The Hall–Kier alpha value is -2.20. The van der Waals surface area contributed by atoms with Crippen LogP contribution in [-0.4, -0.2) is 36.8 Å². The summed E-state index contributed by atoms with van der Waals surface area (Å²) in [6.07, 6.45) is 0.995. The predicted octanol–water partition coefficient (Wildman–Crippen LogP) is 4.61. The van der Waals surface area contributed by atoms with Crippen molar-refractivity contribution in [1.82, 2.24) is 10.2 Å². The molecular weight excluding hydrogens is 467 g/mol. The Balaban J connectivity index is 1.84. The summed E-state index contributed by atoms with van der Waals surface area (Å²) >= 11 is 13.4. The summed E-state index contributed by atoms with van der Waals surface area (Å²) in [5.74, 6) is -0.580. The predicted molar refractivity (Wildman–Crippen MR) is 122 cm³/mol. The molecule has 7 nitrogen and oxygen atoms in total. The van der Waals surface area contributed by atoms with Crippen LogP contribution in [0.15, 0.2) is 42.5 Å². The van der Waals surface area contributed by atoms with Crippen LogP contribution in [0.2, 0.25) is 10.0 Å². The van der Waals surface area contributed by atoms with Crippen LogP contribution in [0, 0.1) is 6.92 Å². The highest BCUT2D eigenvalue weighted by Crippen LogP contribution is 2.33. The van der Waals surface area contributed by atoms with Crippen LogP contribution < -0.4 is 9.62 Å². The van der Waals surface area contributed by atoms with Gasteiger partial charge in [0.15, 0.2) is 0 Å². The first-order valence-electron chi connectivity index (χ1n) is 8.72. The van der Waals surface area contributed by atoms with Gasteiger partial charge in [0, 0.05) is 10.6 Å². The molecule has 3 rings (SSSR count). The van der Waals surface area contributed by atoms with Gasteiger partial charge in [-0.25, -0.2) is 8.42 Å². The Bertz CT molecular complexity index is 1180. The largest absolute Gasteiger partial charge is 0.299 e. The van der Waals surface area contributed by atoms with Gasteiger partial charge in [-0.3, -0.25) is 14.4 Å². The highest BCUT2D eigenvalue weighted by atomic mass is 35.5. The summed E-state index contributed by atoms with van der Waals surface area (Å²) in [5, 5.41) is 12.0. The van der Waals surface area contributed by atoms with Crippen LogP contribution in [0.4, 0.5) is 10.8 Å². The average molecular weight is 485 g/mol. The zero-order chi connectivity index (χ0) is 22.1. The average Bonchev–Trinajstić information content (AvgIpc) is 3.12. The first kappa shape index (κ1) is 22.5. The molecule has 3 aromatic rings. The van der Waals surface area contributed by atoms with Crippen LogP contribution in [0.1, 0.15) is 12.5 Å². The van der Waals surface area contributed by atoms with Gasteiger partial charge in [-0.1, -0.05) is 64.4 Å². The molecule has 0 aliphatic heterocycles. The van der Waals surface area contributed by atoms with Gasteiger partial charge in [0.25, 0.3) is 0 Å². The number of hydrogen-bond donors (Lipinski definition) is 1. The van der Waals surface area contributed by atoms with Crippen molar-refractivity contribution in [3.8, 4) is 10.6 Å². The summed E-state index contributed by atoms with van der Waals surface area (Å²) in [6, 6.07) is 11.0. The van der Waals surface area contributed by atoms with Gasteiger partial charge in [-0.05, 0) is 32.0 Å². The molecule has 0 aliphatic carbocycles. The summed E-state index contributed by atoms with van der Waals surface area (Å²) in [7, 11) is -3.84. The van der Waals surface area contributed by atoms with E-state index in [1.54, 1.807) is 0 Å². The van der Waals surface area contributed by atoms with Gasteiger partial charge in [-0.15, -0.1) is 10.2 Å². The molecule has 0 saturated heterocycles. The number of halogens is 2. The van der Waals surface area contributed by atoms with Crippen LogP contribution in [0.3, 0.4) is 0 Å². The van der Waals surface area contributed by atoms with E-state index in [2.05, 4.69) is 15.5 Å². The SMILES string of the molecule is Cc1ccc(-c2nnc(NC(=O)[C@H](C)N(c3cc(Cl)ccc3Cl)S(C)(=O)=O)s2)cc1. The van der Waals surface area contributed by atoms with E-state index < -0.39 is 22.0 Å². The van der Waals surface area contributed by atoms with E-state index in [1.165, 1.54) is 36.5 Å². The minimum Gasteiger partial charge on any atom is -0.299 e. The molecular formula is C19H18Cl2N4O3S2. The van der Waals surface area contributed by atoms with Crippen molar-refractivity contribution in [3.05, 3.63) is 58.1 Å². The topological polar surface area (TPSA) is 92.3 Å². The van der Waals surface area contributed by atoms with Gasteiger partial charge < -0.3 is 0 Å². The number of nitrogens with one attached hydrogen (secondary N) is 1. The molecule has 1 amide bonds. The smallest absolute Gasteiger partial charge is 0.249 e. The highest BCUT2D eigenvalue weighted by molar-refractivity contribution is 7.92. The van der Waals surface area contributed by atoms with Crippen LogP contribution in [0.5, 0.6) is 0 Å². The van der Waals surface area contributed by atoms with Crippen molar-refractivity contribution in [2.75, 3.05) is 15.9 Å². The maximum Gasteiger partial charge on any atom is 0.249 e. The maximum absolute atomic E-state index is 12.8. The number of rotatable bonds is 6. The molecule has 0 bridgehead atoms. The number of sulfonamides is 1. The molecule has 1 atom stereocenters. The molecule has 1 aromatic heterocycles. The minimum absolute atomic E-state index is 0.118. The standard InChI is InChI=1S/C19H18Cl2N4O3S2/c1-11-4-6-13(7-5-11)18-23-24-19(29-18)22-17(26)12(2)25(30(3,27)28)16-10-14(20)8-9-15(16)21/h4-10,12H,1-3H3,(H,22,24,26)/t12-/m0/s1. The lowest BCUT2D eigenvalue weighted by molar-refractivity contribution is -0.116. The van der Waals surface area contributed by atoms with Gasteiger partial charge in [0.1, 0.15) is 11.0 Å². The molecule has 0 aliphatic rings. The second-order valence-corrected chi connectivity index (χ2v) is 10.3. The summed E-state index contributed by atoms with van der Waals surface area (Å²) in [5.41, 5.74) is 2.10. The number of aryl methyl sites for hydroxylation is 1. The van der Waals surface area contributed by atoms with Crippen LogP contribution >= 0.6 is 34.5 Å². The van der Waals surface area contributed by atoms with Crippen molar-refractivity contribution in [1.29, 1.82) is 0 Å². The first-order chi connectivity index (χ1) is 14.1. The van der Waals surface area contributed by atoms with Gasteiger partial charge in [0.2, 0.25) is 21.1 Å². The quantitative estimate of drug-likeness (QED) is 0.551. The van der Waals surface area contributed by atoms with E-state index in [0.29, 0.717) is 10.0 Å². The Kier molecular flexibility index (Phi) is 6.66. The van der Waals surface area contributed by atoms with Crippen LogP contribution in [0.25, 0.3) is 10.6 Å². The molecule has 1 heterocycles. The Morgan fingerprint density at radius 3 is 2.43 bits per heavy atom. The first-order valence-corrected chi connectivity index (χ1v) is 12.1. The van der Waals surface area contributed by atoms with E-state index >= 15 is 0 Å². The fraction of sp³-hybridized carbons (Fsp3) is 0.211. The van der Waals surface area contributed by atoms with Crippen molar-refractivity contribution < 1.29 is 13.2 Å². The number of aromatic nitrogens is 2. The summed E-state index contributed by atoms with van der Waals surface area (Å²) in [6.45, 7) is 3.44. The van der Waals surface area contributed by atoms with Crippen molar-refractivity contribution in [3.63, 3.8) is 0 Å². The van der Waals surface area contributed by atoms with Gasteiger partial charge in [-0.2, -0.15) is 0 Å². The normalized spacial score (nSPS) is 12.4. The Labute approximate surface area is 188 Å². The lowest BCUT2D eigenvalue weighted by atomic mass is 10.2.